The molecule has 1 spiro atoms. The highest BCUT2D eigenvalue weighted by Gasteiger charge is 2.74. The van der Waals surface area contributed by atoms with Crippen molar-refractivity contribution in [2.24, 2.45) is 11.8 Å². The molecule has 2 unspecified atom stereocenters. The summed E-state index contributed by atoms with van der Waals surface area (Å²) in [6, 6.07) is -0.760. The van der Waals surface area contributed by atoms with Crippen LogP contribution in [-0.4, -0.2) is 94.1 Å². The van der Waals surface area contributed by atoms with Gasteiger partial charge in [0.05, 0.1) is 17.9 Å². The van der Waals surface area contributed by atoms with Gasteiger partial charge in [-0.25, -0.2) is 0 Å². The number of nitrogens with zero attached hydrogens (tertiary/aromatic N) is 3. The first-order chi connectivity index (χ1) is 16.5. The molecule has 0 aromatic rings. The van der Waals surface area contributed by atoms with Gasteiger partial charge in [-0.15, -0.1) is 13.2 Å². The molecular formula is C27H43N3O5. The first kappa shape index (κ1) is 27.4. The Morgan fingerprint density at radius 3 is 2.40 bits per heavy atom. The number of amides is 3. The number of likely N-dealkylation sites (N-methyl/N-ethyl adjacent to an activating group) is 1. The average molecular weight is 490 g/mol. The van der Waals surface area contributed by atoms with Gasteiger partial charge in [0.25, 0.3) is 0 Å². The fourth-order valence-corrected chi connectivity index (χ4v) is 6.21. The number of carbonyl (C=O) groups excluding carboxylic acids is 3. The zero-order valence-corrected chi connectivity index (χ0v) is 21.9. The molecule has 0 saturated carbocycles. The van der Waals surface area contributed by atoms with Crippen LogP contribution < -0.4 is 0 Å². The molecule has 35 heavy (non-hydrogen) atoms. The van der Waals surface area contributed by atoms with Crippen molar-refractivity contribution in [2.45, 2.75) is 82.6 Å². The summed E-state index contributed by atoms with van der Waals surface area (Å²) in [5, 5.41) is 9.08. The van der Waals surface area contributed by atoms with Gasteiger partial charge in [0, 0.05) is 38.8 Å². The van der Waals surface area contributed by atoms with Crippen LogP contribution in [-0.2, 0) is 19.1 Å². The molecule has 5 atom stereocenters. The Labute approximate surface area is 210 Å². The largest absolute Gasteiger partial charge is 0.396 e. The summed E-state index contributed by atoms with van der Waals surface area (Å²) in [4.78, 5) is 46.6. The van der Waals surface area contributed by atoms with Gasteiger partial charge in [-0.05, 0) is 46.5 Å². The van der Waals surface area contributed by atoms with Crippen molar-refractivity contribution in [2.75, 3.05) is 33.3 Å². The number of carbonyl (C=O) groups is 3. The number of likely N-dealkylation sites (tertiary alicyclic amines) is 1. The van der Waals surface area contributed by atoms with Crippen LogP contribution in [0.15, 0.2) is 25.3 Å². The molecule has 196 valence electrons. The normalized spacial score (nSPS) is 29.3. The van der Waals surface area contributed by atoms with E-state index in [0.29, 0.717) is 32.5 Å². The van der Waals surface area contributed by atoms with Crippen LogP contribution in [0.25, 0.3) is 0 Å². The van der Waals surface area contributed by atoms with E-state index in [0.717, 1.165) is 25.7 Å². The van der Waals surface area contributed by atoms with Crippen molar-refractivity contribution in [3.63, 3.8) is 0 Å². The number of fused-ring (bicyclic) bond motifs is 1. The lowest BCUT2D eigenvalue weighted by atomic mass is 9.70. The minimum atomic E-state index is -0.982. The second-order valence-electron chi connectivity index (χ2n) is 11.1. The highest BCUT2D eigenvalue weighted by atomic mass is 16.5. The first-order valence-electron chi connectivity index (χ1n) is 12.9. The first-order valence-corrected chi connectivity index (χ1v) is 12.9. The van der Waals surface area contributed by atoms with Gasteiger partial charge in [0.2, 0.25) is 17.7 Å². The molecule has 2 bridgehead atoms. The predicted octanol–water partition coefficient (Wildman–Crippen LogP) is 2.37. The Kier molecular flexibility index (Phi) is 8.48. The van der Waals surface area contributed by atoms with Crippen LogP contribution in [0.5, 0.6) is 0 Å². The van der Waals surface area contributed by atoms with E-state index in [9.17, 15) is 14.4 Å². The molecule has 1 N–H and O–H groups in total. The van der Waals surface area contributed by atoms with Crippen molar-refractivity contribution >= 4 is 17.7 Å². The Morgan fingerprint density at radius 2 is 1.80 bits per heavy atom. The molecule has 0 aliphatic carbocycles. The number of aliphatic hydroxyl groups excluding tert-OH is 1. The van der Waals surface area contributed by atoms with Crippen LogP contribution in [0.1, 0.15) is 59.3 Å². The number of aliphatic hydroxyl groups is 1. The Morgan fingerprint density at radius 1 is 1.14 bits per heavy atom. The number of hydrogen-bond acceptors (Lipinski definition) is 5. The monoisotopic (exact) mass is 489 g/mol. The third kappa shape index (κ3) is 4.92. The Balaban J connectivity index is 1.98. The van der Waals surface area contributed by atoms with Crippen LogP contribution in [0, 0.1) is 11.8 Å². The molecule has 8 nitrogen and oxygen atoms in total. The highest BCUT2D eigenvalue weighted by molar-refractivity contribution is 5.99. The fourth-order valence-electron chi connectivity index (χ4n) is 6.21. The lowest BCUT2D eigenvalue weighted by Gasteiger charge is -2.42. The Hall–Kier alpha value is -2.19. The summed E-state index contributed by atoms with van der Waals surface area (Å²) in [6.45, 7) is 14.8. The quantitative estimate of drug-likeness (QED) is 0.336. The molecule has 0 aromatic heterocycles. The molecule has 3 aliphatic rings. The second-order valence-corrected chi connectivity index (χ2v) is 11.1. The van der Waals surface area contributed by atoms with Crippen molar-refractivity contribution in [3.05, 3.63) is 25.3 Å². The van der Waals surface area contributed by atoms with Crippen LogP contribution >= 0.6 is 0 Å². The molecule has 0 radical (unpaired) electrons. The summed E-state index contributed by atoms with van der Waals surface area (Å²) in [5.41, 5.74) is -1.45. The third-order valence-electron chi connectivity index (χ3n) is 7.79. The number of unbranched alkanes of at least 4 members (excludes halogenated alkanes) is 3. The maximum Gasteiger partial charge on any atom is 0.249 e. The van der Waals surface area contributed by atoms with E-state index in [1.54, 1.807) is 33.9 Å². The second kappa shape index (κ2) is 10.8. The van der Waals surface area contributed by atoms with E-state index in [4.69, 9.17) is 9.84 Å². The van der Waals surface area contributed by atoms with E-state index in [1.165, 1.54) is 0 Å². The van der Waals surface area contributed by atoms with Gasteiger partial charge in [-0.1, -0.05) is 25.0 Å². The van der Waals surface area contributed by atoms with Gasteiger partial charge in [-0.3, -0.25) is 14.4 Å². The predicted molar refractivity (Wildman–Crippen MR) is 134 cm³/mol. The zero-order chi connectivity index (χ0) is 26.0. The topological polar surface area (TPSA) is 90.4 Å². The van der Waals surface area contributed by atoms with Gasteiger partial charge < -0.3 is 24.5 Å². The third-order valence-corrected chi connectivity index (χ3v) is 7.79. The molecule has 3 amide bonds. The molecule has 3 aliphatic heterocycles. The van der Waals surface area contributed by atoms with E-state index < -0.39 is 29.0 Å². The molecule has 3 saturated heterocycles. The van der Waals surface area contributed by atoms with Gasteiger partial charge in [-0.2, -0.15) is 0 Å². The van der Waals surface area contributed by atoms with E-state index in [-0.39, 0.29) is 30.4 Å². The maximum atomic E-state index is 14.2. The lowest BCUT2D eigenvalue weighted by Crippen LogP contribution is -2.60. The summed E-state index contributed by atoms with van der Waals surface area (Å²) in [5.74, 6) is -1.65. The smallest absolute Gasteiger partial charge is 0.249 e. The molecule has 3 rings (SSSR count). The maximum absolute atomic E-state index is 14.2. The highest BCUT2D eigenvalue weighted by Crippen LogP contribution is 2.59. The summed E-state index contributed by atoms with van der Waals surface area (Å²) < 4.78 is 6.52. The summed E-state index contributed by atoms with van der Waals surface area (Å²) in [6.07, 6.45) is 7.43. The van der Waals surface area contributed by atoms with Gasteiger partial charge >= 0.3 is 0 Å². The molecule has 3 heterocycles. The molecule has 3 fully saturated rings. The van der Waals surface area contributed by atoms with E-state index in [2.05, 4.69) is 13.2 Å². The SMILES string of the molecule is C=CCN(C)C(=O)[C@@H]1[C@@H]2CCC3(O2)C(C(=O)N(CC=C)C(C)(C)C)N(CCCCCCO)C(=O)[C@H]13. The van der Waals surface area contributed by atoms with Crippen LogP contribution in [0.4, 0.5) is 0 Å². The van der Waals surface area contributed by atoms with Gasteiger partial charge in [0.15, 0.2) is 0 Å². The summed E-state index contributed by atoms with van der Waals surface area (Å²) >= 11 is 0. The number of hydrogen-bond donors (Lipinski definition) is 1. The fraction of sp³-hybridized carbons (Fsp3) is 0.741. The lowest BCUT2D eigenvalue weighted by molar-refractivity contribution is -0.151. The number of rotatable bonds is 12. The minimum Gasteiger partial charge on any atom is -0.396 e. The average Bonchev–Trinajstić information content (AvgIpc) is 3.43. The van der Waals surface area contributed by atoms with Crippen molar-refractivity contribution < 1.29 is 24.2 Å². The zero-order valence-electron chi connectivity index (χ0n) is 21.9. The van der Waals surface area contributed by atoms with Crippen molar-refractivity contribution in [1.82, 2.24) is 14.7 Å². The van der Waals surface area contributed by atoms with Crippen molar-refractivity contribution in [1.29, 1.82) is 0 Å². The molecule has 0 aromatic carbocycles. The minimum absolute atomic E-state index is 0.121. The summed E-state index contributed by atoms with van der Waals surface area (Å²) in [7, 11) is 1.72. The molecule has 8 heteroatoms. The Bertz CT molecular complexity index is 837. The van der Waals surface area contributed by atoms with Gasteiger partial charge in [0.1, 0.15) is 11.6 Å². The van der Waals surface area contributed by atoms with Crippen molar-refractivity contribution in [3.8, 4) is 0 Å². The van der Waals surface area contributed by atoms with Crippen LogP contribution in [0.3, 0.4) is 0 Å². The van der Waals surface area contributed by atoms with E-state index >= 15 is 0 Å². The van der Waals surface area contributed by atoms with Crippen LogP contribution in [0.2, 0.25) is 0 Å². The van der Waals surface area contributed by atoms with E-state index in [1.807, 2.05) is 20.8 Å². The molecular weight excluding hydrogens is 446 g/mol. The number of ether oxygens (including phenoxy) is 1. The standard InChI is InChI=1S/C27H43N3O5/c1-7-15-28(6)23(32)20-19-13-14-27(35-19)21(20)24(33)29(17-11-9-10-12-18-31)22(27)25(34)30(16-8-2)26(3,4)5/h7-8,19-22,31H,1-2,9-18H2,3-6H3/t19-,20+,21-,22?,27?/m0/s1.